The van der Waals surface area contributed by atoms with E-state index in [4.69, 9.17) is 23.8 Å². The van der Waals surface area contributed by atoms with Crippen molar-refractivity contribution in [1.29, 1.82) is 0 Å². The van der Waals surface area contributed by atoms with Gasteiger partial charge in [-0.25, -0.2) is 0 Å². The zero-order valence-electron chi connectivity index (χ0n) is 13.1. The predicted molar refractivity (Wildman–Crippen MR) is 97.3 cm³/mol. The first-order chi connectivity index (χ1) is 12.1. The molecule has 138 valence electrons. The van der Waals surface area contributed by atoms with Crippen LogP contribution in [-0.2, 0) is 6.18 Å². The molecule has 11 heteroatoms. The molecule has 26 heavy (non-hydrogen) atoms. The van der Waals surface area contributed by atoms with Crippen LogP contribution in [-0.4, -0.2) is 10.0 Å². The van der Waals surface area contributed by atoms with Crippen molar-refractivity contribution in [2.24, 2.45) is 0 Å². The molecule has 0 aliphatic carbocycles. The van der Waals surface area contributed by atoms with E-state index in [2.05, 4.69) is 16.2 Å². The molecule has 0 saturated heterocycles. The summed E-state index contributed by atoms with van der Waals surface area (Å²) >= 11 is 11.0. The Kier molecular flexibility index (Phi) is 5.88. The smallest absolute Gasteiger partial charge is 0.331 e. The number of anilines is 2. The number of benzene rings is 2. The topological polar surface area (TPSA) is 79.2 Å². The fourth-order valence-corrected chi connectivity index (χ4v) is 2.27. The zero-order chi connectivity index (χ0) is 19.5. The number of thiocarbonyl (C=S) groups is 1. The number of hydrogen-bond donors (Lipinski definition) is 3. The SMILES string of the molecule is Cc1ccc(NC(=S)NNc2ccc(C(F)(F)F)cc2[N+](=O)[O-])cc1Cl. The summed E-state index contributed by atoms with van der Waals surface area (Å²) < 4.78 is 38.0. The third-order valence-corrected chi connectivity index (χ3v) is 3.87. The molecule has 0 spiro atoms. The van der Waals surface area contributed by atoms with Gasteiger partial charge in [0.1, 0.15) is 5.69 Å². The normalized spacial score (nSPS) is 11.0. The van der Waals surface area contributed by atoms with Crippen molar-refractivity contribution < 1.29 is 18.1 Å². The second kappa shape index (κ2) is 7.75. The van der Waals surface area contributed by atoms with E-state index >= 15 is 0 Å². The third kappa shape index (κ3) is 4.96. The van der Waals surface area contributed by atoms with E-state index < -0.39 is 22.4 Å². The predicted octanol–water partition coefficient (Wildman–Crippen LogP) is 4.89. The van der Waals surface area contributed by atoms with Gasteiger partial charge in [-0.15, -0.1) is 0 Å². The average molecular weight is 405 g/mol. The molecular formula is C15H12ClF3N4O2S. The van der Waals surface area contributed by atoms with E-state index in [1.165, 1.54) is 0 Å². The summed E-state index contributed by atoms with van der Waals surface area (Å²) in [5.74, 6) is 0. The van der Waals surface area contributed by atoms with Gasteiger partial charge in [-0.3, -0.25) is 21.0 Å². The molecule has 0 aromatic heterocycles. The first-order valence-corrected chi connectivity index (χ1v) is 7.81. The van der Waals surface area contributed by atoms with Gasteiger partial charge < -0.3 is 5.32 Å². The van der Waals surface area contributed by atoms with E-state index in [1.54, 1.807) is 18.2 Å². The highest BCUT2D eigenvalue weighted by molar-refractivity contribution is 7.80. The molecule has 2 aromatic carbocycles. The summed E-state index contributed by atoms with van der Waals surface area (Å²) in [7, 11) is 0. The van der Waals surface area contributed by atoms with E-state index in [0.717, 1.165) is 17.7 Å². The lowest BCUT2D eigenvalue weighted by Gasteiger charge is -2.14. The quantitative estimate of drug-likeness (QED) is 0.382. The van der Waals surface area contributed by atoms with Gasteiger partial charge in [0.15, 0.2) is 5.11 Å². The molecular weight excluding hydrogens is 393 g/mol. The zero-order valence-corrected chi connectivity index (χ0v) is 14.7. The molecule has 0 aliphatic heterocycles. The minimum Gasteiger partial charge on any atom is -0.331 e. The number of hydrogen-bond acceptors (Lipinski definition) is 4. The number of nitro benzene ring substituents is 1. The number of nitrogens with zero attached hydrogens (tertiary/aromatic N) is 1. The van der Waals surface area contributed by atoms with Crippen LogP contribution >= 0.6 is 23.8 Å². The number of rotatable bonds is 4. The summed E-state index contributed by atoms with van der Waals surface area (Å²) in [6, 6.07) is 7.23. The molecule has 0 unspecified atom stereocenters. The molecule has 0 radical (unpaired) electrons. The molecule has 0 atom stereocenters. The summed E-state index contributed by atoms with van der Waals surface area (Å²) in [6.07, 6.45) is -4.68. The fourth-order valence-electron chi connectivity index (χ4n) is 1.92. The fraction of sp³-hybridized carbons (Fsp3) is 0.133. The summed E-state index contributed by atoms with van der Waals surface area (Å²) in [4.78, 5) is 10.1. The number of hydrazine groups is 1. The van der Waals surface area contributed by atoms with Gasteiger partial charge in [-0.2, -0.15) is 13.2 Å². The van der Waals surface area contributed by atoms with Gasteiger partial charge in [0.05, 0.1) is 10.5 Å². The lowest BCUT2D eigenvalue weighted by molar-refractivity contribution is -0.384. The molecule has 0 saturated carbocycles. The molecule has 3 N–H and O–H groups in total. The molecule has 2 rings (SSSR count). The van der Waals surface area contributed by atoms with E-state index in [1.807, 2.05) is 6.92 Å². The first-order valence-electron chi connectivity index (χ1n) is 7.02. The van der Waals surface area contributed by atoms with Crippen LogP contribution in [0, 0.1) is 17.0 Å². The van der Waals surface area contributed by atoms with Crippen LogP contribution in [0.4, 0.5) is 30.2 Å². The molecule has 2 aromatic rings. The standard InChI is InChI=1S/C15H12ClF3N4O2S/c1-8-2-4-10(7-11(8)16)20-14(26)22-21-12-5-3-9(15(17,18)19)6-13(12)23(24)25/h2-7,21H,1H3,(H2,20,22,26). The highest BCUT2D eigenvalue weighted by Gasteiger charge is 2.33. The maximum atomic E-state index is 12.7. The van der Waals surface area contributed by atoms with Gasteiger partial charge in [-0.1, -0.05) is 17.7 Å². The second-order valence-corrected chi connectivity index (χ2v) is 5.97. The van der Waals surface area contributed by atoms with Crippen molar-refractivity contribution in [3.63, 3.8) is 0 Å². The summed E-state index contributed by atoms with van der Waals surface area (Å²) in [5, 5.41) is 14.4. The van der Waals surface area contributed by atoms with Crippen molar-refractivity contribution >= 4 is 46.0 Å². The van der Waals surface area contributed by atoms with Crippen LogP contribution in [0.15, 0.2) is 36.4 Å². The van der Waals surface area contributed by atoms with E-state index in [-0.39, 0.29) is 10.8 Å². The summed E-state index contributed by atoms with van der Waals surface area (Å²) in [6.45, 7) is 1.83. The lowest BCUT2D eigenvalue weighted by atomic mass is 10.1. The molecule has 0 fully saturated rings. The Bertz CT molecular complexity index is 861. The largest absolute Gasteiger partial charge is 0.416 e. The number of alkyl halides is 3. The Hall–Kier alpha value is -2.59. The number of aryl methyl sites for hydroxylation is 1. The van der Waals surface area contributed by atoms with Gasteiger partial charge in [-0.05, 0) is 49.0 Å². The molecule has 0 bridgehead atoms. The average Bonchev–Trinajstić information content (AvgIpc) is 2.55. The Labute approximate surface area is 156 Å². The number of nitrogens with one attached hydrogen (secondary N) is 3. The Morgan fingerprint density at radius 3 is 2.50 bits per heavy atom. The molecule has 6 nitrogen and oxygen atoms in total. The monoisotopic (exact) mass is 404 g/mol. The minimum absolute atomic E-state index is 0.0408. The minimum atomic E-state index is -4.68. The van der Waals surface area contributed by atoms with Crippen LogP contribution in [0.1, 0.15) is 11.1 Å². The van der Waals surface area contributed by atoms with Crippen molar-refractivity contribution in [3.8, 4) is 0 Å². The Balaban J connectivity index is 2.09. The second-order valence-electron chi connectivity index (χ2n) is 5.15. The van der Waals surface area contributed by atoms with Gasteiger partial charge >= 0.3 is 6.18 Å². The van der Waals surface area contributed by atoms with Gasteiger partial charge in [0.2, 0.25) is 0 Å². The maximum Gasteiger partial charge on any atom is 0.416 e. The van der Waals surface area contributed by atoms with Crippen LogP contribution in [0.25, 0.3) is 0 Å². The van der Waals surface area contributed by atoms with Gasteiger partial charge in [0.25, 0.3) is 5.69 Å². The summed E-state index contributed by atoms with van der Waals surface area (Å²) in [5.41, 5.74) is 4.31. The van der Waals surface area contributed by atoms with Crippen molar-refractivity contribution in [3.05, 3.63) is 62.7 Å². The highest BCUT2D eigenvalue weighted by atomic mass is 35.5. The first kappa shape index (κ1) is 19.7. The van der Waals surface area contributed by atoms with E-state index in [0.29, 0.717) is 16.8 Å². The molecule has 0 aliphatic rings. The molecule has 0 heterocycles. The van der Waals surface area contributed by atoms with Crippen LogP contribution in [0.3, 0.4) is 0 Å². The van der Waals surface area contributed by atoms with Crippen LogP contribution in [0.5, 0.6) is 0 Å². The van der Waals surface area contributed by atoms with Crippen LogP contribution in [0.2, 0.25) is 5.02 Å². The lowest BCUT2D eigenvalue weighted by Crippen LogP contribution is -2.33. The highest BCUT2D eigenvalue weighted by Crippen LogP contribution is 2.34. The number of nitro groups is 1. The molecule has 0 amide bonds. The van der Waals surface area contributed by atoms with Gasteiger partial charge in [0, 0.05) is 16.8 Å². The van der Waals surface area contributed by atoms with E-state index in [9.17, 15) is 23.3 Å². The van der Waals surface area contributed by atoms with Crippen molar-refractivity contribution in [2.45, 2.75) is 13.1 Å². The maximum absolute atomic E-state index is 12.7. The Morgan fingerprint density at radius 2 is 1.92 bits per heavy atom. The number of halogens is 4. The third-order valence-electron chi connectivity index (χ3n) is 3.26. The van der Waals surface area contributed by atoms with Crippen LogP contribution < -0.4 is 16.2 Å². The van der Waals surface area contributed by atoms with Crippen molar-refractivity contribution in [2.75, 3.05) is 10.7 Å². The Morgan fingerprint density at radius 1 is 1.23 bits per heavy atom. The van der Waals surface area contributed by atoms with Crippen molar-refractivity contribution in [1.82, 2.24) is 5.43 Å².